The van der Waals surface area contributed by atoms with E-state index in [0.29, 0.717) is 10.7 Å². The predicted molar refractivity (Wildman–Crippen MR) is 105 cm³/mol. The molecule has 0 saturated carbocycles. The molecule has 7 heteroatoms. The standard InChI is InChI=1S/C17H16BrClN2O2S/c1-11(17(23)21-15-6-2-12(18)3-7-15)24-10-16(22)20-14-8-4-13(19)5-9-14/h2-9,11H,10H2,1H3,(H,20,22)(H,21,23). The molecule has 0 fully saturated rings. The van der Waals surface area contributed by atoms with E-state index in [2.05, 4.69) is 26.6 Å². The highest BCUT2D eigenvalue weighted by Gasteiger charge is 2.15. The topological polar surface area (TPSA) is 58.2 Å². The number of nitrogens with one attached hydrogen (secondary N) is 2. The average Bonchev–Trinajstić information content (AvgIpc) is 2.57. The van der Waals surface area contributed by atoms with Crippen LogP contribution in [0.2, 0.25) is 5.02 Å². The molecule has 126 valence electrons. The van der Waals surface area contributed by atoms with E-state index in [1.807, 2.05) is 24.3 Å². The molecule has 4 nitrogen and oxygen atoms in total. The summed E-state index contributed by atoms with van der Waals surface area (Å²) < 4.78 is 0.946. The van der Waals surface area contributed by atoms with E-state index >= 15 is 0 Å². The van der Waals surface area contributed by atoms with E-state index in [9.17, 15) is 9.59 Å². The molecule has 0 aliphatic rings. The number of halogens is 2. The van der Waals surface area contributed by atoms with Crippen LogP contribution in [-0.4, -0.2) is 22.8 Å². The van der Waals surface area contributed by atoms with E-state index in [0.717, 1.165) is 10.2 Å². The first-order valence-electron chi connectivity index (χ1n) is 7.17. The molecule has 0 radical (unpaired) electrons. The van der Waals surface area contributed by atoms with E-state index in [-0.39, 0.29) is 22.8 Å². The van der Waals surface area contributed by atoms with Crippen LogP contribution in [0.25, 0.3) is 0 Å². The van der Waals surface area contributed by atoms with E-state index in [4.69, 9.17) is 11.6 Å². The first-order chi connectivity index (χ1) is 11.4. The van der Waals surface area contributed by atoms with Crippen LogP contribution in [0.3, 0.4) is 0 Å². The molecule has 0 aromatic heterocycles. The molecule has 0 spiro atoms. The first kappa shape index (κ1) is 18.8. The summed E-state index contributed by atoms with van der Waals surface area (Å²) in [6.07, 6.45) is 0. The highest BCUT2D eigenvalue weighted by atomic mass is 79.9. The van der Waals surface area contributed by atoms with Crippen molar-refractivity contribution in [3.63, 3.8) is 0 Å². The molecular weight excluding hydrogens is 412 g/mol. The summed E-state index contributed by atoms with van der Waals surface area (Å²) in [5.41, 5.74) is 1.40. The van der Waals surface area contributed by atoms with Crippen LogP contribution in [-0.2, 0) is 9.59 Å². The van der Waals surface area contributed by atoms with Gasteiger partial charge < -0.3 is 10.6 Å². The SMILES string of the molecule is CC(SCC(=O)Nc1ccc(Cl)cc1)C(=O)Nc1ccc(Br)cc1. The zero-order valence-corrected chi connectivity index (χ0v) is 16.0. The number of rotatable bonds is 6. The Labute approximate surface area is 158 Å². The molecule has 0 heterocycles. The molecule has 2 aromatic carbocycles. The van der Waals surface area contributed by atoms with Crippen molar-refractivity contribution in [1.82, 2.24) is 0 Å². The van der Waals surface area contributed by atoms with Crippen molar-refractivity contribution in [1.29, 1.82) is 0 Å². The lowest BCUT2D eigenvalue weighted by Gasteiger charge is -2.12. The maximum atomic E-state index is 12.1. The number of hydrogen-bond donors (Lipinski definition) is 2. The third-order valence-electron chi connectivity index (χ3n) is 3.07. The van der Waals surface area contributed by atoms with Crippen molar-refractivity contribution in [2.45, 2.75) is 12.2 Å². The van der Waals surface area contributed by atoms with Crippen LogP contribution in [0.15, 0.2) is 53.0 Å². The molecule has 2 aromatic rings. The second-order valence-corrected chi connectivity index (χ2v) is 7.69. The van der Waals surface area contributed by atoms with Gasteiger partial charge in [-0.3, -0.25) is 9.59 Å². The van der Waals surface area contributed by atoms with Crippen LogP contribution in [0.1, 0.15) is 6.92 Å². The van der Waals surface area contributed by atoms with Gasteiger partial charge in [0, 0.05) is 20.9 Å². The second-order valence-electron chi connectivity index (χ2n) is 5.00. The van der Waals surface area contributed by atoms with Gasteiger partial charge in [-0.1, -0.05) is 27.5 Å². The van der Waals surface area contributed by atoms with Crippen molar-refractivity contribution in [2.24, 2.45) is 0 Å². The van der Waals surface area contributed by atoms with Crippen molar-refractivity contribution in [3.8, 4) is 0 Å². The third-order valence-corrected chi connectivity index (χ3v) is 5.00. The minimum absolute atomic E-state index is 0.137. The Bertz CT molecular complexity index is 708. The lowest BCUT2D eigenvalue weighted by Crippen LogP contribution is -2.25. The summed E-state index contributed by atoms with van der Waals surface area (Å²) in [7, 11) is 0. The van der Waals surface area contributed by atoms with E-state index in [1.165, 1.54) is 11.8 Å². The summed E-state index contributed by atoms with van der Waals surface area (Å²) in [5, 5.41) is 5.85. The number of carbonyl (C=O) groups excluding carboxylic acids is 2. The largest absolute Gasteiger partial charge is 0.325 e. The van der Waals surface area contributed by atoms with Crippen LogP contribution in [0, 0.1) is 0 Å². The Balaban J connectivity index is 1.77. The molecule has 2 rings (SSSR count). The first-order valence-corrected chi connectivity index (χ1v) is 9.39. The summed E-state index contributed by atoms with van der Waals surface area (Å²) in [6.45, 7) is 1.77. The number of carbonyl (C=O) groups is 2. The summed E-state index contributed by atoms with van der Waals surface area (Å²) in [6, 6.07) is 14.2. The molecule has 2 N–H and O–H groups in total. The monoisotopic (exact) mass is 426 g/mol. The fourth-order valence-electron chi connectivity index (χ4n) is 1.78. The summed E-state index contributed by atoms with van der Waals surface area (Å²) in [5.74, 6) is -0.107. The van der Waals surface area contributed by atoms with Gasteiger partial charge in [-0.15, -0.1) is 11.8 Å². The number of amides is 2. The third kappa shape index (κ3) is 6.19. The molecule has 1 unspecified atom stereocenters. The Morgan fingerprint density at radius 3 is 2.21 bits per heavy atom. The van der Waals surface area contributed by atoms with E-state index < -0.39 is 0 Å². The van der Waals surface area contributed by atoms with Crippen LogP contribution in [0.4, 0.5) is 11.4 Å². The molecule has 1 atom stereocenters. The molecule has 0 saturated heterocycles. The van der Waals surface area contributed by atoms with Gasteiger partial charge in [-0.2, -0.15) is 0 Å². The summed E-state index contributed by atoms with van der Waals surface area (Å²) >= 11 is 10.4. The highest BCUT2D eigenvalue weighted by Crippen LogP contribution is 2.18. The van der Waals surface area contributed by atoms with Gasteiger partial charge in [0.2, 0.25) is 11.8 Å². The molecule has 24 heavy (non-hydrogen) atoms. The summed E-state index contributed by atoms with van der Waals surface area (Å²) in [4.78, 5) is 24.0. The van der Waals surface area contributed by atoms with Crippen LogP contribution in [0.5, 0.6) is 0 Å². The van der Waals surface area contributed by atoms with Crippen molar-refractivity contribution in [3.05, 3.63) is 58.0 Å². The van der Waals surface area contributed by atoms with Crippen molar-refractivity contribution < 1.29 is 9.59 Å². The van der Waals surface area contributed by atoms with Gasteiger partial charge in [0.15, 0.2) is 0 Å². The lowest BCUT2D eigenvalue weighted by atomic mass is 10.3. The Morgan fingerprint density at radius 2 is 1.58 bits per heavy atom. The maximum absolute atomic E-state index is 12.1. The van der Waals surface area contributed by atoms with Gasteiger partial charge in [0.25, 0.3) is 0 Å². The minimum atomic E-state index is -0.343. The minimum Gasteiger partial charge on any atom is -0.325 e. The van der Waals surface area contributed by atoms with Crippen molar-refractivity contribution in [2.75, 3.05) is 16.4 Å². The zero-order chi connectivity index (χ0) is 17.5. The quantitative estimate of drug-likeness (QED) is 0.696. The number of anilines is 2. The van der Waals surface area contributed by atoms with Gasteiger partial charge in [-0.25, -0.2) is 0 Å². The smallest absolute Gasteiger partial charge is 0.237 e. The van der Waals surface area contributed by atoms with Gasteiger partial charge in [-0.05, 0) is 55.5 Å². The molecular formula is C17H16BrClN2O2S. The van der Waals surface area contributed by atoms with Crippen LogP contribution >= 0.6 is 39.3 Å². The molecule has 0 aliphatic carbocycles. The maximum Gasteiger partial charge on any atom is 0.237 e. The Kier molecular flexibility index (Phi) is 7.15. The molecule has 0 aliphatic heterocycles. The van der Waals surface area contributed by atoms with E-state index in [1.54, 1.807) is 31.2 Å². The Hall–Kier alpha value is -1.50. The number of hydrogen-bond acceptors (Lipinski definition) is 3. The average molecular weight is 428 g/mol. The lowest BCUT2D eigenvalue weighted by molar-refractivity contribution is -0.115. The normalized spacial score (nSPS) is 11.6. The van der Waals surface area contributed by atoms with Crippen molar-refractivity contribution >= 4 is 62.5 Å². The predicted octanol–water partition coefficient (Wildman–Crippen LogP) is 4.80. The Morgan fingerprint density at radius 1 is 1.04 bits per heavy atom. The second kappa shape index (κ2) is 9.11. The zero-order valence-electron chi connectivity index (χ0n) is 12.9. The fourth-order valence-corrected chi connectivity index (χ4v) is 2.86. The van der Waals surface area contributed by atoms with Crippen LogP contribution < -0.4 is 10.6 Å². The van der Waals surface area contributed by atoms with Gasteiger partial charge in [0.05, 0.1) is 11.0 Å². The van der Waals surface area contributed by atoms with Gasteiger partial charge >= 0.3 is 0 Å². The molecule has 2 amide bonds. The fraction of sp³-hybridized carbons (Fsp3) is 0.176. The highest BCUT2D eigenvalue weighted by molar-refractivity contribution is 9.10. The number of thioether (sulfide) groups is 1. The number of benzene rings is 2. The van der Waals surface area contributed by atoms with Gasteiger partial charge in [0.1, 0.15) is 0 Å². The molecule has 0 bridgehead atoms.